The zero-order valence-corrected chi connectivity index (χ0v) is 8.94. The Bertz CT molecular complexity index is 280. The summed E-state index contributed by atoms with van der Waals surface area (Å²) in [4.78, 5) is 8.15. The van der Waals surface area contributed by atoms with Crippen molar-refractivity contribution >= 4 is 21.7 Å². The van der Waals surface area contributed by atoms with Crippen LogP contribution in [0.2, 0.25) is 0 Å². The van der Waals surface area contributed by atoms with E-state index in [1.165, 1.54) is 0 Å². The van der Waals surface area contributed by atoms with Crippen LogP contribution in [0.3, 0.4) is 0 Å². The number of hydrogen-bond acceptors (Lipinski definition) is 3. The number of alkyl halides is 1. The number of anilines is 1. The lowest BCUT2D eigenvalue weighted by Crippen LogP contribution is -2.05. The third-order valence-electron chi connectivity index (χ3n) is 1.47. The van der Waals surface area contributed by atoms with Crippen molar-refractivity contribution in [2.24, 2.45) is 0 Å². The molecule has 0 spiro atoms. The minimum absolute atomic E-state index is 0.311. The van der Waals surface area contributed by atoms with Crippen LogP contribution in [0.5, 0.6) is 0 Å². The van der Waals surface area contributed by atoms with E-state index >= 15 is 0 Å². The number of nitrogens with zero attached hydrogens (tertiary/aromatic N) is 2. The molecule has 0 saturated carbocycles. The van der Waals surface area contributed by atoms with Crippen molar-refractivity contribution in [3.8, 4) is 0 Å². The molecular formula is C8H11BrFN3. The van der Waals surface area contributed by atoms with Gasteiger partial charge in [0.15, 0.2) is 0 Å². The molecule has 0 saturated heterocycles. The van der Waals surface area contributed by atoms with Crippen LogP contribution in [0.1, 0.15) is 12.2 Å². The van der Waals surface area contributed by atoms with E-state index in [-0.39, 0.29) is 6.67 Å². The Morgan fingerprint density at radius 2 is 2.38 bits per heavy atom. The summed E-state index contributed by atoms with van der Waals surface area (Å²) in [5, 5.41) is 3.02. The Morgan fingerprint density at radius 1 is 1.62 bits per heavy atom. The molecule has 0 bridgehead atoms. The second-order valence-electron chi connectivity index (χ2n) is 2.58. The number of aryl methyl sites for hydroxylation is 1. The zero-order valence-electron chi connectivity index (χ0n) is 7.35. The first-order valence-electron chi connectivity index (χ1n) is 4.03. The Hall–Kier alpha value is -0.710. The van der Waals surface area contributed by atoms with Gasteiger partial charge in [0.2, 0.25) is 0 Å². The zero-order chi connectivity index (χ0) is 9.68. The molecule has 0 fully saturated rings. The largest absolute Gasteiger partial charge is 0.369 e. The minimum atomic E-state index is -0.311. The van der Waals surface area contributed by atoms with Crippen molar-refractivity contribution in [1.82, 2.24) is 9.97 Å². The van der Waals surface area contributed by atoms with Crippen molar-refractivity contribution in [1.29, 1.82) is 0 Å². The predicted molar refractivity (Wildman–Crippen MR) is 53.6 cm³/mol. The van der Waals surface area contributed by atoms with E-state index in [1.807, 2.05) is 6.92 Å². The summed E-state index contributed by atoms with van der Waals surface area (Å²) in [6, 6.07) is 0. The Morgan fingerprint density at radius 3 is 3.08 bits per heavy atom. The minimum Gasteiger partial charge on any atom is -0.369 e. The van der Waals surface area contributed by atoms with Gasteiger partial charge in [0.05, 0.1) is 11.1 Å². The molecule has 1 aromatic heterocycles. The summed E-state index contributed by atoms with van der Waals surface area (Å²) < 4.78 is 12.6. The van der Waals surface area contributed by atoms with Crippen molar-refractivity contribution in [2.75, 3.05) is 18.5 Å². The third-order valence-corrected chi connectivity index (χ3v) is 2.05. The maximum atomic E-state index is 11.8. The summed E-state index contributed by atoms with van der Waals surface area (Å²) in [6.45, 7) is 2.09. The second kappa shape index (κ2) is 5.11. The molecule has 0 aliphatic heterocycles. The highest BCUT2D eigenvalue weighted by Gasteiger charge is 2.00. The number of halogens is 2. The number of hydrogen-bond donors (Lipinski definition) is 1. The van der Waals surface area contributed by atoms with Crippen LogP contribution < -0.4 is 5.32 Å². The first-order valence-corrected chi connectivity index (χ1v) is 4.82. The first kappa shape index (κ1) is 10.4. The highest BCUT2D eigenvalue weighted by Crippen LogP contribution is 2.17. The summed E-state index contributed by atoms with van der Waals surface area (Å²) in [5.41, 5.74) is 0. The monoisotopic (exact) mass is 247 g/mol. The molecule has 0 atom stereocenters. The number of aromatic nitrogens is 2. The van der Waals surface area contributed by atoms with Gasteiger partial charge >= 0.3 is 0 Å². The normalized spacial score (nSPS) is 10.1. The van der Waals surface area contributed by atoms with E-state index in [9.17, 15) is 4.39 Å². The number of nitrogens with one attached hydrogen (secondary N) is 1. The van der Waals surface area contributed by atoms with Gasteiger partial charge < -0.3 is 5.32 Å². The van der Waals surface area contributed by atoms with E-state index < -0.39 is 0 Å². The van der Waals surface area contributed by atoms with E-state index in [2.05, 4.69) is 31.2 Å². The van der Waals surface area contributed by atoms with Crippen LogP contribution in [0.15, 0.2) is 10.7 Å². The van der Waals surface area contributed by atoms with Gasteiger partial charge in [-0.3, -0.25) is 4.39 Å². The lowest BCUT2D eigenvalue weighted by Gasteiger charge is -2.05. The Kier molecular flexibility index (Phi) is 4.08. The van der Waals surface area contributed by atoms with Gasteiger partial charge in [-0.25, -0.2) is 9.97 Å². The van der Waals surface area contributed by atoms with Crippen molar-refractivity contribution in [2.45, 2.75) is 13.3 Å². The van der Waals surface area contributed by atoms with Crippen LogP contribution in [-0.2, 0) is 0 Å². The Balaban J connectivity index is 2.59. The van der Waals surface area contributed by atoms with E-state index in [0.29, 0.717) is 18.8 Å². The summed E-state index contributed by atoms with van der Waals surface area (Å²) in [6.07, 6.45) is 2.18. The molecule has 1 aromatic rings. The lowest BCUT2D eigenvalue weighted by molar-refractivity contribution is 0.481. The summed E-state index contributed by atoms with van der Waals surface area (Å²) in [5.74, 6) is 1.42. The van der Waals surface area contributed by atoms with Gasteiger partial charge in [-0.05, 0) is 29.3 Å². The molecule has 1 N–H and O–H groups in total. The van der Waals surface area contributed by atoms with E-state index in [4.69, 9.17) is 0 Å². The molecule has 0 aliphatic rings. The first-order chi connectivity index (χ1) is 6.24. The van der Waals surface area contributed by atoms with E-state index in [1.54, 1.807) is 6.20 Å². The maximum Gasteiger partial charge on any atom is 0.144 e. The van der Waals surface area contributed by atoms with Gasteiger partial charge in [0.1, 0.15) is 11.6 Å². The molecule has 0 aromatic carbocycles. The van der Waals surface area contributed by atoms with Crippen LogP contribution in [0, 0.1) is 6.92 Å². The Labute approximate surface area is 84.9 Å². The fourth-order valence-electron chi connectivity index (χ4n) is 0.853. The molecule has 1 rings (SSSR count). The topological polar surface area (TPSA) is 37.8 Å². The number of rotatable bonds is 4. The van der Waals surface area contributed by atoms with Crippen molar-refractivity contribution < 1.29 is 4.39 Å². The average molecular weight is 248 g/mol. The van der Waals surface area contributed by atoms with Crippen LogP contribution in [-0.4, -0.2) is 23.2 Å². The molecule has 0 amide bonds. The lowest BCUT2D eigenvalue weighted by atomic mass is 10.4. The van der Waals surface area contributed by atoms with Crippen molar-refractivity contribution in [3.05, 3.63) is 16.5 Å². The molecular weight excluding hydrogens is 237 g/mol. The fraction of sp³-hybridized carbons (Fsp3) is 0.500. The fourth-order valence-corrected chi connectivity index (χ4v) is 1.18. The summed E-state index contributed by atoms with van der Waals surface area (Å²) in [7, 11) is 0. The molecule has 3 nitrogen and oxygen atoms in total. The molecule has 5 heteroatoms. The van der Waals surface area contributed by atoms with Gasteiger partial charge in [0.25, 0.3) is 0 Å². The van der Waals surface area contributed by atoms with Gasteiger partial charge in [-0.2, -0.15) is 0 Å². The molecule has 1 heterocycles. The smallest absolute Gasteiger partial charge is 0.144 e. The molecule has 72 valence electrons. The van der Waals surface area contributed by atoms with E-state index in [0.717, 1.165) is 10.3 Å². The second-order valence-corrected chi connectivity index (χ2v) is 3.44. The molecule has 0 unspecified atom stereocenters. The predicted octanol–water partition coefficient (Wildman–Crippen LogP) is 2.32. The molecule has 0 radical (unpaired) electrons. The quantitative estimate of drug-likeness (QED) is 0.831. The molecule has 13 heavy (non-hydrogen) atoms. The van der Waals surface area contributed by atoms with Crippen LogP contribution >= 0.6 is 15.9 Å². The molecule has 0 aliphatic carbocycles. The van der Waals surface area contributed by atoms with Crippen LogP contribution in [0.25, 0.3) is 0 Å². The SMILES string of the molecule is Cc1ncc(Br)c(NCCCF)n1. The van der Waals surface area contributed by atoms with Gasteiger partial charge in [-0.15, -0.1) is 0 Å². The van der Waals surface area contributed by atoms with Gasteiger partial charge in [0, 0.05) is 12.7 Å². The highest BCUT2D eigenvalue weighted by atomic mass is 79.9. The highest BCUT2D eigenvalue weighted by molar-refractivity contribution is 9.10. The van der Waals surface area contributed by atoms with Crippen LogP contribution in [0.4, 0.5) is 10.2 Å². The van der Waals surface area contributed by atoms with Gasteiger partial charge in [-0.1, -0.05) is 0 Å². The maximum absolute atomic E-state index is 11.8. The average Bonchev–Trinajstić information content (AvgIpc) is 2.11. The third kappa shape index (κ3) is 3.26. The standard InChI is InChI=1S/C8H11BrFN3/c1-6-12-5-7(9)8(13-6)11-4-2-3-10/h5H,2-4H2,1H3,(H,11,12,13). The summed E-state index contributed by atoms with van der Waals surface area (Å²) >= 11 is 3.30. The van der Waals surface area contributed by atoms with Crippen molar-refractivity contribution in [3.63, 3.8) is 0 Å².